The van der Waals surface area contributed by atoms with E-state index in [4.69, 9.17) is 9.47 Å². The minimum Gasteiger partial charge on any atom is -0.493 e. The first-order valence-corrected chi connectivity index (χ1v) is 14.7. The molecule has 7 heteroatoms. The monoisotopic (exact) mass is 545 g/mol. The molecule has 0 aliphatic carbocycles. The molecule has 38 heavy (non-hydrogen) atoms. The van der Waals surface area contributed by atoms with Crippen molar-refractivity contribution in [3.63, 3.8) is 0 Å². The van der Waals surface area contributed by atoms with Crippen molar-refractivity contribution in [2.75, 3.05) is 13.2 Å². The van der Waals surface area contributed by atoms with Crippen LogP contribution in [0.4, 0.5) is 0 Å². The van der Waals surface area contributed by atoms with Crippen LogP contribution in [0.1, 0.15) is 36.5 Å². The molecule has 0 unspecified atom stereocenters. The van der Waals surface area contributed by atoms with E-state index in [0.29, 0.717) is 18.1 Å². The van der Waals surface area contributed by atoms with Crippen LogP contribution in [0.5, 0.6) is 17.4 Å². The summed E-state index contributed by atoms with van der Waals surface area (Å²) >= 11 is 2.82. The quantitative estimate of drug-likeness (QED) is 0.158. The summed E-state index contributed by atoms with van der Waals surface area (Å²) < 4.78 is 13.5. The van der Waals surface area contributed by atoms with E-state index < -0.39 is 0 Å². The summed E-state index contributed by atoms with van der Waals surface area (Å²) in [6.07, 6.45) is 4.93. The molecule has 0 fully saturated rings. The van der Waals surface area contributed by atoms with E-state index in [1.54, 1.807) is 0 Å². The normalized spacial score (nSPS) is 11.2. The standard InChI is InChI=1S/C31H31NO4S2/c1-2-7-26-27(17-16-25-23(20-37-29(25)26)11-10-21-8-4-3-5-9-21)36-19-6-18-35-24-14-12-22(13-15-24)28-30(33)32-31(34)38-28/h3-5,8-9,12-17,20,33H,2,6-7,10-11,18-19H2,1H3,(H,32,34). The number of hydrogen-bond acceptors (Lipinski definition) is 6. The van der Waals surface area contributed by atoms with E-state index in [0.717, 1.165) is 60.5 Å². The summed E-state index contributed by atoms with van der Waals surface area (Å²) in [7, 11) is 0. The largest absolute Gasteiger partial charge is 0.493 e. The third-order valence-corrected chi connectivity index (χ3v) is 8.50. The highest BCUT2D eigenvalue weighted by Gasteiger charge is 2.14. The van der Waals surface area contributed by atoms with Crippen molar-refractivity contribution in [1.82, 2.24) is 4.98 Å². The minimum atomic E-state index is -0.276. The average Bonchev–Trinajstić information content (AvgIpc) is 3.51. The molecule has 0 bridgehead atoms. The van der Waals surface area contributed by atoms with Crippen molar-refractivity contribution < 1.29 is 14.6 Å². The molecule has 5 rings (SSSR count). The maximum Gasteiger partial charge on any atom is 0.307 e. The van der Waals surface area contributed by atoms with Crippen LogP contribution >= 0.6 is 22.7 Å². The summed E-state index contributed by atoms with van der Waals surface area (Å²) in [4.78, 5) is 14.1. The molecule has 2 aromatic heterocycles. The van der Waals surface area contributed by atoms with Gasteiger partial charge in [-0.3, -0.25) is 9.78 Å². The first-order chi connectivity index (χ1) is 18.6. The zero-order valence-corrected chi connectivity index (χ0v) is 23.0. The Bertz CT molecular complexity index is 1530. The predicted octanol–water partition coefficient (Wildman–Crippen LogP) is 7.61. The van der Waals surface area contributed by atoms with E-state index in [9.17, 15) is 9.90 Å². The maximum atomic E-state index is 11.4. The van der Waals surface area contributed by atoms with Crippen LogP contribution in [0.3, 0.4) is 0 Å². The molecule has 0 radical (unpaired) electrons. The van der Waals surface area contributed by atoms with Gasteiger partial charge in [-0.25, -0.2) is 0 Å². The molecule has 0 spiro atoms. The molecule has 0 aliphatic rings. The second-order valence-corrected chi connectivity index (χ2v) is 11.0. The molecule has 3 aromatic carbocycles. The van der Waals surface area contributed by atoms with Gasteiger partial charge in [0.2, 0.25) is 5.88 Å². The van der Waals surface area contributed by atoms with Crippen molar-refractivity contribution in [2.24, 2.45) is 0 Å². The number of hydrogen-bond donors (Lipinski definition) is 2. The molecular weight excluding hydrogens is 514 g/mol. The molecule has 0 saturated heterocycles. The number of fused-ring (bicyclic) bond motifs is 1. The lowest BCUT2D eigenvalue weighted by Gasteiger charge is -2.13. The van der Waals surface area contributed by atoms with E-state index in [1.165, 1.54) is 26.8 Å². The van der Waals surface area contributed by atoms with E-state index in [2.05, 4.69) is 59.8 Å². The van der Waals surface area contributed by atoms with Crippen LogP contribution in [-0.2, 0) is 19.3 Å². The average molecular weight is 546 g/mol. The van der Waals surface area contributed by atoms with Crippen LogP contribution in [0.2, 0.25) is 0 Å². The van der Waals surface area contributed by atoms with E-state index in [-0.39, 0.29) is 10.8 Å². The Kier molecular flexibility index (Phi) is 8.46. The Labute approximate surface area is 230 Å². The number of aryl methyl sites for hydroxylation is 3. The Balaban J connectivity index is 1.16. The molecule has 5 aromatic rings. The third kappa shape index (κ3) is 6.11. The Hall–Kier alpha value is -3.55. The van der Waals surface area contributed by atoms with Crippen molar-refractivity contribution in [3.05, 3.63) is 98.5 Å². The highest BCUT2D eigenvalue weighted by molar-refractivity contribution is 7.17. The van der Waals surface area contributed by atoms with E-state index >= 15 is 0 Å². The Morgan fingerprint density at radius 1 is 0.895 bits per heavy atom. The number of H-pyrrole nitrogens is 1. The first-order valence-electron chi connectivity index (χ1n) is 13.0. The lowest BCUT2D eigenvalue weighted by Crippen LogP contribution is -2.06. The summed E-state index contributed by atoms with van der Waals surface area (Å²) in [5, 5.41) is 13.5. The van der Waals surface area contributed by atoms with Crippen molar-refractivity contribution >= 4 is 32.8 Å². The maximum absolute atomic E-state index is 11.4. The van der Waals surface area contributed by atoms with Gasteiger partial charge in [-0.05, 0) is 83.1 Å². The predicted molar refractivity (Wildman–Crippen MR) is 157 cm³/mol. The van der Waals surface area contributed by atoms with E-state index in [1.807, 2.05) is 35.6 Å². The van der Waals surface area contributed by atoms with Crippen LogP contribution in [-0.4, -0.2) is 23.3 Å². The second kappa shape index (κ2) is 12.3. The molecule has 5 nitrogen and oxygen atoms in total. The molecule has 0 saturated carbocycles. The fourth-order valence-electron chi connectivity index (χ4n) is 4.58. The van der Waals surface area contributed by atoms with Crippen LogP contribution in [0.25, 0.3) is 20.5 Å². The topological polar surface area (TPSA) is 71.5 Å². The number of thiophene rings is 1. The smallest absolute Gasteiger partial charge is 0.307 e. The van der Waals surface area contributed by atoms with Gasteiger partial charge >= 0.3 is 4.87 Å². The highest BCUT2D eigenvalue weighted by atomic mass is 32.1. The second-order valence-electron chi connectivity index (χ2n) is 9.18. The van der Waals surface area contributed by atoms with Gasteiger partial charge in [-0.15, -0.1) is 11.3 Å². The van der Waals surface area contributed by atoms with Gasteiger partial charge < -0.3 is 14.6 Å². The lowest BCUT2D eigenvalue weighted by atomic mass is 10.0. The first kappa shape index (κ1) is 26.1. The fraction of sp³-hybridized carbons (Fsp3) is 0.258. The number of rotatable bonds is 12. The highest BCUT2D eigenvalue weighted by Crippen LogP contribution is 2.36. The summed E-state index contributed by atoms with van der Waals surface area (Å²) in [5.74, 6) is 1.62. The number of nitrogens with one attached hydrogen (secondary N) is 1. The number of aromatic nitrogens is 1. The van der Waals surface area contributed by atoms with Gasteiger partial charge in [0.15, 0.2) is 0 Å². The van der Waals surface area contributed by atoms with Gasteiger partial charge in [-0.1, -0.05) is 55.0 Å². The van der Waals surface area contributed by atoms with Gasteiger partial charge in [0.05, 0.1) is 18.1 Å². The van der Waals surface area contributed by atoms with Crippen molar-refractivity contribution in [2.45, 2.75) is 39.0 Å². The zero-order chi connectivity index (χ0) is 26.3. The Morgan fingerprint density at radius 3 is 2.42 bits per heavy atom. The minimum absolute atomic E-state index is 0.0996. The number of aromatic hydroxyl groups is 1. The van der Waals surface area contributed by atoms with Crippen LogP contribution in [0, 0.1) is 0 Å². The number of thiazole rings is 1. The van der Waals surface area contributed by atoms with Crippen molar-refractivity contribution in [3.8, 4) is 27.8 Å². The molecule has 2 heterocycles. The SMILES string of the molecule is CCCc1c(OCCCOc2ccc(-c3sc(=O)[nH]c3O)cc2)ccc2c(CCc3ccccc3)csc12. The molecular formula is C31H31NO4S2. The van der Waals surface area contributed by atoms with Gasteiger partial charge in [0, 0.05) is 16.7 Å². The lowest BCUT2D eigenvalue weighted by molar-refractivity contribution is 0.246. The fourth-order valence-corrected chi connectivity index (χ4v) is 6.49. The third-order valence-electron chi connectivity index (χ3n) is 6.47. The van der Waals surface area contributed by atoms with Gasteiger partial charge in [0.1, 0.15) is 11.5 Å². The number of benzene rings is 3. The van der Waals surface area contributed by atoms with Crippen LogP contribution < -0.4 is 14.3 Å². The van der Waals surface area contributed by atoms with Crippen molar-refractivity contribution in [1.29, 1.82) is 0 Å². The number of ether oxygens (including phenoxy) is 2. The molecule has 2 N–H and O–H groups in total. The van der Waals surface area contributed by atoms with Crippen LogP contribution in [0.15, 0.2) is 76.9 Å². The molecule has 0 aliphatic heterocycles. The number of aromatic amines is 1. The summed E-state index contributed by atoms with van der Waals surface area (Å²) in [6, 6.07) is 22.4. The summed E-state index contributed by atoms with van der Waals surface area (Å²) in [6.45, 7) is 3.33. The summed E-state index contributed by atoms with van der Waals surface area (Å²) in [5.41, 5.74) is 4.88. The molecule has 0 amide bonds. The Morgan fingerprint density at radius 2 is 1.68 bits per heavy atom. The molecule has 0 atom stereocenters. The zero-order valence-electron chi connectivity index (χ0n) is 21.4. The molecule has 196 valence electrons. The van der Waals surface area contributed by atoms with Gasteiger partial charge in [-0.2, -0.15) is 0 Å². The van der Waals surface area contributed by atoms with Gasteiger partial charge in [0.25, 0.3) is 0 Å².